The molecule has 1 aliphatic rings. The highest BCUT2D eigenvalue weighted by molar-refractivity contribution is 14.1. The summed E-state index contributed by atoms with van der Waals surface area (Å²) in [5, 5.41) is 2.55. The SMILES string of the molecule is CCC1CN(C(=O)c2ccc(F)c(F)c2Nc2ccc(I)cc2F)C1. The number of carbonyl (C=O) groups is 1. The first kappa shape index (κ1) is 18.0. The van der Waals surface area contributed by atoms with E-state index in [4.69, 9.17) is 0 Å². The Bertz CT molecular complexity index is 822. The molecule has 1 heterocycles. The summed E-state index contributed by atoms with van der Waals surface area (Å²) in [4.78, 5) is 14.2. The molecule has 25 heavy (non-hydrogen) atoms. The Kier molecular flexibility index (Phi) is 5.21. The first-order valence-electron chi connectivity index (χ1n) is 7.90. The number of rotatable bonds is 4. The molecule has 1 aliphatic heterocycles. The van der Waals surface area contributed by atoms with E-state index in [0.717, 1.165) is 12.5 Å². The fourth-order valence-corrected chi connectivity index (χ4v) is 3.19. The number of nitrogens with zero attached hydrogens (tertiary/aromatic N) is 1. The van der Waals surface area contributed by atoms with Gasteiger partial charge >= 0.3 is 0 Å². The third-order valence-electron chi connectivity index (χ3n) is 4.34. The molecule has 0 bridgehead atoms. The van der Waals surface area contributed by atoms with Gasteiger partial charge in [-0.05, 0) is 65.3 Å². The first-order valence-corrected chi connectivity index (χ1v) is 8.98. The molecule has 1 N–H and O–H groups in total. The molecule has 0 aromatic heterocycles. The summed E-state index contributed by atoms with van der Waals surface area (Å²) in [6.45, 7) is 3.22. The highest BCUT2D eigenvalue weighted by Crippen LogP contribution is 2.31. The molecule has 0 aliphatic carbocycles. The van der Waals surface area contributed by atoms with Crippen LogP contribution >= 0.6 is 22.6 Å². The third kappa shape index (κ3) is 3.61. The zero-order chi connectivity index (χ0) is 18.1. The van der Waals surface area contributed by atoms with Crippen LogP contribution in [0.25, 0.3) is 0 Å². The van der Waals surface area contributed by atoms with Crippen LogP contribution in [0.15, 0.2) is 30.3 Å². The van der Waals surface area contributed by atoms with E-state index in [0.29, 0.717) is 22.6 Å². The number of benzene rings is 2. The Labute approximate surface area is 157 Å². The van der Waals surface area contributed by atoms with Crippen LogP contribution in [0.4, 0.5) is 24.5 Å². The Morgan fingerprint density at radius 2 is 1.92 bits per heavy atom. The standard InChI is InChI=1S/C18H16F3IN2O/c1-2-10-8-24(9-10)18(25)12-4-5-13(19)16(21)17(12)23-15-6-3-11(22)7-14(15)20/h3-7,10,23H,2,8-9H2,1H3. The lowest BCUT2D eigenvalue weighted by atomic mass is 9.96. The first-order chi connectivity index (χ1) is 11.9. The van der Waals surface area contributed by atoms with Crippen molar-refractivity contribution >= 4 is 39.9 Å². The molecule has 0 saturated carbocycles. The number of amides is 1. The second-order valence-corrected chi connectivity index (χ2v) is 7.26. The summed E-state index contributed by atoms with van der Waals surface area (Å²) in [7, 11) is 0. The van der Waals surface area contributed by atoms with Crippen LogP contribution in [-0.4, -0.2) is 23.9 Å². The average molecular weight is 460 g/mol. The zero-order valence-electron chi connectivity index (χ0n) is 13.5. The predicted octanol–water partition coefficient (Wildman–Crippen LogP) is 4.93. The van der Waals surface area contributed by atoms with Crippen molar-refractivity contribution < 1.29 is 18.0 Å². The second kappa shape index (κ2) is 7.23. The van der Waals surface area contributed by atoms with Gasteiger partial charge < -0.3 is 10.2 Å². The van der Waals surface area contributed by atoms with Crippen LogP contribution in [0.3, 0.4) is 0 Å². The smallest absolute Gasteiger partial charge is 0.256 e. The molecule has 1 fully saturated rings. The molecule has 0 atom stereocenters. The van der Waals surface area contributed by atoms with E-state index in [-0.39, 0.29) is 16.9 Å². The Morgan fingerprint density at radius 3 is 2.56 bits per heavy atom. The van der Waals surface area contributed by atoms with Crippen molar-refractivity contribution in [3.8, 4) is 0 Å². The van der Waals surface area contributed by atoms with Crippen molar-refractivity contribution in [3.63, 3.8) is 0 Å². The summed E-state index contributed by atoms with van der Waals surface area (Å²) >= 11 is 1.95. The predicted molar refractivity (Wildman–Crippen MR) is 98.4 cm³/mol. The van der Waals surface area contributed by atoms with E-state index in [1.807, 2.05) is 29.5 Å². The quantitative estimate of drug-likeness (QED) is 0.657. The molecular formula is C18H16F3IN2O. The fourth-order valence-electron chi connectivity index (χ4n) is 2.74. The molecule has 2 aromatic carbocycles. The Morgan fingerprint density at radius 1 is 1.20 bits per heavy atom. The molecular weight excluding hydrogens is 444 g/mol. The molecule has 0 unspecified atom stereocenters. The molecule has 2 aromatic rings. The normalized spacial score (nSPS) is 14.4. The van der Waals surface area contributed by atoms with Crippen molar-refractivity contribution in [1.29, 1.82) is 0 Å². The van der Waals surface area contributed by atoms with Crippen LogP contribution < -0.4 is 5.32 Å². The number of likely N-dealkylation sites (tertiary alicyclic amines) is 1. The van der Waals surface area contributed by atoms with Gasteiger partial charge in [-0.15, -0.1) is 0 Å². The van der Waals surface area contributed by atoms with Crippen LogP contribution in [-0.2, 0) is 0 Å². The van der Waals surface area contributed by atoms with Gasteiger partial charge in [0.05, 0.1) is 16.9 Å². The summed E-state index contributed by atoms with van der Waals surface area (Å²) in [6.07, 6.45) is 0.959. The number of hydrogen-bond acceptors (Lipinski definition) is 2. The minimum absolute atomic E-state index is 0.00796. The van der Waals surface area contributed by atoms with Crippen LogP contribution in [0.5, 0.6) is 0 Å². The number of anilines is 2. The molecule has 0 radical (unpaired) electrons. The molecule has 132 valence electrons. The summed E-state index contributed by atoms with van der Waals surface area (Å²) in [6, 6.07) is 6.46. The lowest BCUT2D eigenvalue weighted by molar-refractivity contribution is 0.0495. The van der Waals surface area contributed by atoms with Crippen LogP contribution in [0.1, 0.15) is 23.7 Å². The summed E-state index contributed by atoms with van der Waals surface area (Å²) in [5.41, 5.74) is -0.370. The van der Waals surface area contributed by atoms with Crippen LogP contribution in [0.2, 0.25) is 0 Å². The maximum absolute atomic E-state index is 14.3. The largest absolute Gasteiger partial charge is 0.350 e. The second-order valence-electron chi connectivity index (χ2n) is 6.02. The average Bonchev–Trinajstić information content (AvgIpc) is 2.53. The van der Waals surface area contributed by atoms with Gasteiger partial charge in [0, 0.05) is 16.7 Å². The Hall–Kier alpha value is -1.77. The molecule has 3 nitrogen and oxygen atoms in total. The summed E-state index contributed by atoms with van der Waals surface area (Å²) < 4.78 is 42.7. The van der Waals surface area contributed by atoms with Crippen LogP contribution in [0, 0.1) is 26.9 Å². The van der Waals surface area contributed by atoms with E-state index < -0.39 is 23.4 Å². The monoisotopic (exact) mass is 460 g/mol. The minimum atomic E-state index is -1.20. The fraction of sp³-hybridized carbons (Fsp3) is 0.278. The zero-order valence-corrected chi connectivity index (χ0v) is 15.6. The number of nitrogens with one attached hydrogen (secondary N) is 1. The van der Waals surface area contributed by atoms with E-state index in [2.05, 4.69) is 5.32 Å². The van der Waals surface area contributed by atoms with Crippen molar-refractivity contribution in [2.24, 2.45) is 5.92 Å². The lowest BCUT2D eigenvalue weighted by Gasteiger charge is -2.39. The van der Waals surface area contributed by atoms with Crippen molar-refractivity contribution in [1.82, 2.24) is 4.90 Å². The van der Waals surface area contributed by atoms with Crippen molar-refractivity contribution in [2.75, 3.05) is 18.4 Å². The maximum Gasteiger partial charge on any atom is 0.256 e. The molecule has 1 saturated heterocycles. The van der Waals surface area contributed by atoms with Gasteiger partial charge in [-0.25, -0.2) is 13.2 Å². The highest BCUT2D eigenvalue weighted by Gasteiger charge is 2.32. The van der Waals surface area contributed by atoms with Gasteiger partial charge in [0.2, 0.25) is 0 Å². The lowest BCUT2D eigenvalue weighted by Crippen LogP contribution is -2.49. The number of carbonyl (C=O) groups excluding carboxylic acids is 1. The molecule has 1 amide bonds. The Balaban J connectivity index is 1.94. The third-order valence-corrected chi connectivity index (χ3v) is 5.01. The van der Waals surface area contributed by atoms with Gasteiger partial charge in [-0.2, -0.15) is 0 Å². The topological polar surface area (TPSA) is 32.3 Å². The van der Waals surface area contributed by atoms with E-state index in [9.17, 15) is 18.0 Å². The van der Waals surface area contributed by atoms with Gasteiger partial charge in [-0.1, -0.05) is 6.92 Å². The van der Waals surface area contributed by atoms with E-state index >= 15 is 0 Å². The molecule has 3 rings (SSSR count). The minimum Gasteiger partial charge on any atom is -0.350 e. The number of halogens is 4. The van der Waals surface area contributed by atoms with Gasteiger partial charge in [0.25, 0.3) is 5.91 Å². The van der Waals surface area contributed by atoms with Crippen molar-refractivity contribution in [2.45, 2.75) is 13.3 Å². The van der Waals surface area contributed by atoms with Gasteiger partial charge in [0.15, 0.2) is 11.6 Å². The molecule has 0 spiro atoms. The van der Waals surface area contributed by atoms with Crippen molar-refractivity contribution in [3.05, 3.63) is 56.9 Å². The van der Waals surface area contributed by atoms with E-state index in [1.54, 1.807) is 11.0 Å². The van der Waals surface area contributed by atoms with Gasteiger partial charge in [0.1, 0.15) is 5.82 Å². The van der Waals surface area contributed by atoms with Gasteiger partial charge in [-0.3, -0.25) is 4.79 Å². The summed E-state index contributed by atoms with van der Waals surface area (Å²) in [5.74, 6) is -2.86. The number of hydrogen-bond donors (Lipinski definition) is 1. The highest BCUT2D eigenvalue weighted by atomic mass is 127. The molecule has 7 heteroatoms. The van der Waals surface area contributed by atoms with E-state index in [1.165, 1.54) is 18.2 Å². The maximum atomic E-state index is 14.3.